The predicted octanol–water partition coefficient (Wildman–Crippen LogP) is 3.44. The average molecular weight is 422 g/mol. The fraction of sp³-hybridized carbons (Fsp3) is 0.167. The third-order valence-corrected chi connectivity index (χ3v) is 6.34. The molecule has 0 atom stereocenters. The van der Waals surface area contributed by atoms with Crippen LogP contribution in [0.4, 0.5) is 17.1 Å². The van der Waals surface area contributed by atoms with Crippen molar-refractivity contribution in [3.8, 4) is 0 Å². The largest absolute Gasteiger partial charge is 0.321 e. The molecule has 1 N–H and O–H groups in total. The topological polar surface area (TPSA) is 110 Å². The van der Waals surface area contributed by atoms with Crippen molar-refractivity contribution in [2.24, 2.45) is 0 Å². The number of nitrogens with one attached hydrogen (secondary N) is 1. The van der Waals surface area contributed by atoms with Gasteiger partial charge in [0.2, 0.25) is 15.9 Å². The van der Waals surface area contributed by atoms with Crippen LogP contribution in [0.25, 0.3) is 6.08 Å². The number of sulfonamides is 1. The molecule has 0 saturated carbocycles. The normalized spacial score (nSPS) is 15.7. The molecule has 2 aromatic carbocycles. The number of amides is 1. The Balaban J connectivity index is 1.79. The molecule has 1 fully saturated rings. The number of carbonyl (C=O) groups excluding carboxylic acids is 1. The van der Waals surface area contributed by atoms with Gasteiger partial charge in [0, 0.05) is 18.7 Å². The molecule has 0 spiro atoms. The Morgan fingerprint density at radius 3 is 2.68 bits per heavy atom. The summed E-state index contributed by atoms with van der Waals surface area (Å²) in [7, 11) is -3.36. The molecule has 1 aliphatic rings. The zero-order chi connectivity index (χ0) is 20.3. The van der Waals surface area contributed by atoms with Crippen molar-refractivity contribution in [2.75, 3.05) is 21.9 Å². The molecule has 1 aliphatic heterocycles. The quantitative estimate of drug-likeness (QED) is 0.451. The number of hydrogen-bond donors (Lipinski definition) is 1. The number of anilines is 2. The number of nitrogens with zero attached hydrogens (tertiary/aromatic N) is 2. The van der Waals surface area contributed by atoms with E-state index in [1.165, 1.54) is 40.7 Å². The number of rotatable bonds is 5. The maximum absolute atomic E-state index is 12.2. The van der Waals surface area contributed by atoms with E-state index in [4.69, 9.17) is 11.6 Å². The first kappa shape index (κ1) is 19.8. The van der Waals surface area contributed by atoms with Gasteiger partial charge in [-0.25, -0.2) is 8.42 Å². The van der Waals surface area contributed by atoms with Crippen molar-refractivity contribution < 1.29 is 18.1 Å². The van der Waals surface area contributed by atoms with E-state index in [1.807, 2.05) is 0 Å². The lowest BCUT2D eigenvalue weighted by molar-refractivity contribution is -0.385. The van der Waals surface area contributed by atoms with Gasteiger partial charge in [-0.05, 0) is 36.8 Å². The molecule has 0 bridgehead atoms. The van der Waals surface area contributed by atoms with Crippen molar-refractivity contribution >= 4 is 50.7 Å². The van der Waals surface area contributed by atoms with Gasteiger partial charge in [0.05, 0.1) is 32.6 Å². The first-order chi connectivity index (χ1) is 13.3. The molecule has 3 rings (SSSR count). The van der Waals surface area contributed by atoms with Gasteiger partial charge < -0.3 is 5.32 Å². The van der Waals surface area contributed by atoms with Crippen molar-refractivity contribution in [3.63, 3.8) is 0 Å². The predicted molar refractivity (Wildman–Crippen MR) is 108 cm³/mol. The van der Waals surface area contributed by atoms with Gasteiger partial charge in [-0.15, -0.1) is 0 Å². The Bertz CT molecular complexity index is 1070. The Labute approximate surface area is 166 Å². The summed E-state index contributed by atoms with van der Waals surface area (Å²) in [5.74, 6) is -0.475. The molecule has 0 aromatic heterocycles. The number of nitro groups is 1. The molecule has 0 radical (unpaired) electrons. The number of hydrogen-bond acceptors (Lipinski definition) is 5. The summed E-state index contributed by atoms with van der Waals surface area (Å²) in [6.45, 7) is 0.370. The second-order valence-electron chi connectivity index (χ2n) is 6.04. The van der Waals surface area contributed by atoms with Crippen molar-refractivity contribution in [2.45, 2.75) is 6.42 Å². The minimum absolute atomic E-state index is 0.0793. The number of carbonyl (C=O) groups is 1. The first-order valence-corrected chi connectivity index (χ1v) is 10.3. The van der Waals surface area contributed by atoms with E-state index in [-0.39, 0.29) is 27.7 Å². The van der Waals surface area contributed by atoms with Gasteiger partial charge in [-0.2, -0.15) is 0 Å². The van der Waals surface area contributed by atoms with Crippen LogP contribution in [-0.2, 0) is 14.8 Å². The van der Waals surface area contributed by atoms with Crippen molar-refractivity contribution in [3.05, 3.63) is 69.2 Å². The monoisotopic (exact) mass is 421 g/mol. The summed E-state index contributed by atoms with van der Waals surface area (Å²) in [5.41, 5.74) is 0.829. The highest BCUT2D eigenvalue weighted by atomic mass is 35.5. The maximum atomic E-state index is 12.2. The van der Waals surface area contributed by atoms with E-state index in [9.17, 15) is 23.3 Å². The highest BCUT2D eigenvalue weighted by Crippen LogP contribution is 2.31. The summed E-state index contributed by atoms with van der Waals surface area (Å²) in [6, 6.07) is 10.6. The van der Waals surface area contributed by atoms with E-state index < -0.39 is 20.9 Å². The fourth-order valence-corrected chi connectivity index (χ4v) is 4.55. The van der Waals surface area contributed by atoms with Crippen molar-refractivity contribution in [1.29, 1.82) is 0 Å². The van der Waals surface area contributed by atoms with Crippen molar-refractivity contribution in [1.82, 2.24) is 0 Å². The SMILES string of the molecule is O=C(/C=C/c1ccccc1[N+](=O)[O-])Nc1cc(N2CCCS2(=O)=O)ccc1Cl. The lowest BCUT2D eigenvalue weighted by Crippen LogP contribution is -2.25. The first-order valence-electron chi connectivity index (χ1n) is 8.30. The van der Waals surface area contributed by atoms with E-state index in [2.05, 4.69) is 5.32 Å². The average Bonchev–Trinajstić information content (AvgIpc) is 3.01. The van der Waals surface area contributed by atoms with Gasteiger partial charge in [0.25, 0.3) is 5.69 Å². The molecule has 0 unspecified atom stereocenters. The van der Waals surface area contributed by atoms with Gasteiger partial charge in [0.15, 0.2) is 0 Å². The minimum atomic E-state index is -3.36. The summed E-state index contributed by atoms with van der Waals surface area (Å²) in [5, 5.41) is 13.8. The van der Waals surface area contributed by atoms with Gasteiger partial charge in [-0.1, -0.05) is 23.7 Å². The van der Waals surface area contributed by atoms with Crippen LogP contribution >= 0.6 is 11.6 Å². The molecule has 10 heteroatoms. The maximum Gasteiger partial charge on any atom is 0.276 e. The van der Waals surface area contributed by atoms with Crippen LogP contribution in [0.5, 0.6) is 0 Å². The fourth-order valence-electron chi connectivity index (χ4n) is 2.83. The Morgan fingerprint density at radius 2 is 2.00 bits per heavy atom. The van der Waals surface area contributed by atoms with Crippen LogP contribution in [0.1, 0.15) is 12.0 Å². The van der Waals surface area contributed by atoms with E-state index >= 15 is 0 Å². The summed E-state index contributed by atoms with van der Waals surface area (Å²) < 4.78 is 25.4. The molecule has 1 saturated heterocycles. The highest BCUT2D eigenvalue weighted by Gasteiger charge is 2.28. The number of para-hydroxylation sites is 1. The molecule has 1 amide bonds. The minimum Gasteiger partial charge on any atom is -0.321 e. The third-order valence-electron chi connectivity index (χ3n) is 4.14. The van der Waals surface area contributed by atoms with Crippen LogP contribution in [0.3, 0.4) is 0 Å². The number of benzene rings is 2. The Hall–Kier alpha value is -2.91. The second kappa shape index (κ2) is 7.99. The third kappa shape index (κ3) is 4.32. The lowest BCUT2D eigenvalue weighted by Gasteiger charge is -2.18. The smallest absolute Gasteiger partial charge is 0.276 e. The molecule has 1 heterocycles. The van der Waals surface area contributed by atoms with Gasteiger partial charge >= 0.3 is 0 Å². The van der Waals surface area contributed by atoms with Crippen LogP contribution in [0.2, 0.25) is 5.02 Å². The standard InChI is InChI=1S/C18H16ClN3O5S/c19-15-8-7-14(21-10-3-11-28(21,26)27)12-16(15)20-18(23)9-6-13-4-1-2-5-17(13)22(24)25/h1-2,4-9,12H,3,10-11H2,(H,20,23)/b9-6+. The molecular weight excluding hydrogens is 406 g/mol. The molecule has 28 heavy (non-hydrogen) atoms. The van der Waals surface area contributed by atoms with E-state index in [0.717, 1.165) is 6.08 Å². The highest BCUT2D eigenvalue weighted by molar-refractivity contribution is 7.93. The van der Waals surface area contributed by atoms with Gasteiger partial charge in [0.1, 0.15) is 0 Å². The molecule has 0 aliphatic carbocycles. The summed E-state index contributed by atoms with van der Waals surface area (Å²) >= 11 is 6.11. The zero-order valence-corrected chi connectivity index (χ0v) is 16.1. The lowest BCUT2D eigenvalue weighted by atomic mass is 10.1. The van der Waals surface area contributed by atoms with Crippen LogP contribution < -0.4 is 9.62 Å². The molecular formula is C18H16ClN3O5S. The van der Waals surface area contributed by atoms with Crippen LogP contribution in [0, 0.1) is 10.1 Å². The zero-order valence-electron chi connectivity index (χ0n) is 14.5. The van der Waals surface area contributed by atoms with Crippen LogP contribution in [-0.4, -0.2) is 31.5 Å². The van der Waals surface area contributed by atoms with E-state index in [1.54, 1.807) is 12.1 Å². The van der Waals surface area contributed by atoms with Crippen LogP contribution in [0.15, 0.2) is 48.5 Å². The summed E-state index contributed by atoms with van der Waals surface area (Å²) in [6.07, 6.45) is 3.01. The second-order valence-corrected chi connectivity index (χ2v) is 8.46. The number of halogens is 1. The van der Waals surface area contributed by atoms with E-state index in [0.29, 0.717) is 18.7 Å². The molecule has 8 nitrogen and oxygen atoms in total. The molecule has 2 aromatic rings. The molecule has 146 valence electrons. The number of nitro benzene ring substituents is 1. The Morgan fingerprint density at radius 1 is 1.25 bits per heavy atom. The van der Waals surface area contributed by atoms with Gasteiger partial charge in [-0.3, -0.25) is 19.2 Å². The Kier molecular flexibility index (Phi) is 5.66. The summed E-state index contributed by atoms with van der Waals surface area (Å²) in [4.78, 5) is 22.7.